The Morgan fingerprint density at radius 1 is 1.57 bits per heavy atom. The van der Waals surface area contributed by atoms with Crippen molar-refractivity contribution in [2.75, 3.05) is 0 Å². The van der Waals surface area contributed by atoms with Crippen LogP contribution in [0.3, 0.4) is 0 Å². The van der Waals surface area contributed by atoms with E-state index in [1.165, 1.54) is 19.3 Å². The summed E-state index contributed by atoms with van der Waals surface area (Å²) in [6, 6.07) is 0. The fourth-order valence-electron chi connectivity index (χ4n) is 0.348. The van der Waals surface area contributed by atoms with E-state index in [4.69, 9.17) is 0 Å². The maximum atomic E-state index is 3.60. The van der Waals surface area contributed by atoms with Crippen LogP contribution in [-0.4, -0.2) is 0 Å². The van der Waals surface area contributed by atoms with E-state index in [-0.39, 0.29) is 19.5 Å². The standard InChI is InChI=1S/C6H12.Rh/c1-3-5-6-4-2;/h3H,1,4-6H2,2H3;. The molecule has 0 aliphatic carbocycles. The molecule has 0 aliphatic rings. The van der Waals surface area contributed by atoms with E-state index in [0.717, 1.165) is 0 Å². The van der Waals surface area contributed by atoms with Crippen LogP contribution in [0.5, 0.6) is 0 Å². The first-order valence-electron chi connectivity index (χ1n) is 2.52. The molecule has 0 aliphatic heterocycles. The minimum atomic E-state index is 0. The molecule has 0 bridgehead atoms. The Morgan fingerprint density at radius 3 is 2.29 bits per heavy atom. The molecule has 0 amide bonds. The summed E-state index contributed by atoms with van der Waals surface area (Å²) in [5, 5.41) is 0. The number of hydrogen-bond acceptors (Lipinski definition) is 0. The molecule has 0 N–H and O–H groups in total. The molecule has 1 radical (unpaired) electrons. The van der Waals surface area contributed by atoms with Crippen molar-refractivity contribution in [3.63, 3.8) is 0 Å². The van der Waals surface area contributed by atoms with E-state index < -0.39 is 0 Å². The molecule has 0 saturated heterocycles. The third kappa shape index (κ3) is 10.7. The molecule has 0 aromatic rings. The Hall–Kier alpha value is 0.363. The monoisotopic (exact) mass is 187 g/mol. The number of allylic oxidation sites excluding steroid dienone is 1. The van der Waals surface area contributed by atoms with Gasteiger partial charge in [-0.3, -0.25) is 0 Å². The molecular weight excluding hydrogens is 175 g/mol. The van der Waals surface area contributed by atoms with Gasteiger partial charge in [0, 0.05) is 19.5 Å². The van der Waals surface area contributed by atoms with Gasteiger partial charge in [0.15, 0.2) is 0 Å². The second-order valence-corrected chi connectivity index (χ2v) is 1.43. The van der Waals surface area contributed by atoms with E-state index >= 15 is 0 Å². The van der Waals surface area contributed by atoms with Crippen molar-refractivity contribution in [1.29, 1.82) is 0 Å². The van der Waals surface area contributed by atoms with E-state index in [1.807, 2.05) is 6.08 Å². The number of rotatable bonds is 3. The smallest absolute Gasteiger partial charge is 0 e. The van der Waals surface area contributed by atoms with Crippen LogP contribution in [-0.2, 0) is 19.5 Å². The molecule has 1 heteroatoms. The summed E-state index contributed by atoms with van der Waals surface area (Å²) in [5.41, 5.74) is 0. The molecule has 0 fully saturated rings. The van der Waals surface area contributed by atoms with Gasteiger partial charge in [-0.05, 0) is 6.42 Å². The average molecular weight is 187 g/mol. The topological polar surface area (TPSA) is 0 Å². The van der Waals surface area contributed by atoms with Crippen LogP contribution in [0.4, 0.5) is 0 Å². The van der Waals surface area contributed by atoms with Crippen molar-refractivity contribution in [1.82, 2.24) is 0 Å². The Bertz CT molecular complexity index is 33.2. The van der Waals surface area contributed by atoms with Gasteiger partial charge in [-0.25, -0.2) is 0 Å². The second kappa shape index (κ2) is 9.61. The summed E-state index contributed by atoms with van der Waals surface area (Å²) < 4.78 is 0. The van der Waals surface area contributed by atoms with Gasteiger partial charge in [0.05, 0.1) is 0 Å². The first-order chi connectivity index (χ1) is 2.91. The molecule has 0 aromatic heterocycles. The molecule has 0 spiro atoms. The minimum absolute atomic E-state index is 0. The van der Waals surface area contributed by atoms with Gasteiger partial charge in [0.25, 0.3) is 0 Å². The van der Waals surface area contributed by atoms with Gasteiger partial charge in [-0.2, -0.15) is 0 Å². The number of hydrogen-bond donors (Lipinski definition) is 0. The van der Waals surface area contributed by atoms with Crippen molar-refractivity contribution < 1.29 is 19.5 Å². The predicted octanol–water partition coefficient (Wildman–Crippen LogP) is 2.36. The Labute approximate surface area is 58.8 Å². The molecule has 0 rings (SSSR count). The normalized spacial score (nSPS) is 7.00. The first kappa shape index (κ1) is 10.4. The summed E-state index contributed by atoms with van der Waals surface area (Å²) >= 11 is 0. The van der Waals surface area contributed by atoms with Gasteiger partial charge in [-0.15, -0.1) is 6.58 Å². The van der Waals surface area contributed by atoms with Crippen molar-refractivity contribution in [2.45, 2.75) is 26.2 Å². The molecule has 0 aromatic carbocycles. The van der Waals surface area contributed by atoms with Gasteiger partial charge >= 0.3 is 0 Å². The summed E-state index contributed by atoms with van der Waals surface area (Å²) in [4.78, 5) is 0. The van der Waals surface area contributed by atoms with Gasteiger partial charge < -0.3 is 0 Å². The molecule has 0 unspecified atom stereocenters. The summed E-state index contributed by atoms with van der Waals surface area (Å²) in [6.45, 7) is 5.78. The molecule has 7 heavy (non-hydrogen) atoms. The van der Waals surface area contributed by atoms with Crippen molar-refractivity contribution in [2.24, 2.45) is 0 Å². The van der Waals surface area contributed by atoms with Gasteiger partial charge in [0.2, 0.25) is 0 Å². The molecule has 45 valence electrons. The van der Waals surface area contributed by atoms with Crippen LogP contribution in [0.1, 0.15) is 26.2 Å². The molecule has 0 atom stereocenters. The van der Waals surface area contributed by atoms with E-state index in [9.17, 15) is 0 Å². The SMILES string of the molecule is C=CCCCC.[Rh]. The predicted molar refractivity (Wildman–Crippen MR) is 29.7 cm³/mol. The van der Waals surface area contributed by atoms with Crippen LogP contribution in [0, 0.1) is 0 Å². The largest absolute Gasteiger partial charge is 0.103 e. The van der Waals surface area contributed by atoms with Crippen LogP contribution in [0.25, 0.3) is 0 Å². The fraction of sp³-hybridized carbons (Fsp3) is 0.667. The van der Waals surface area contributed by atoms with E-state index in [1.54, 1.807) is 0 Å². The number of unbranched alkanes of at least 4 members (excludes halogenated alkanes) is 2. The zero-order chi connectivity index (χ0) is 4.83. The van der Waals surface area contributed by atoms with Crippen molar-refractivity contribution in [3.8, 4) is 0 Å². The fourth-order valence-corrected chi connectivity index (χ4v) is 0.348. The van der Waals surface area contributed by atoms with Crippen LogP contribution in [0.15, 0.2) is 12.7 Å². The Morgan fingerprint density at radius 2 is 2.14 bits per heavy atom. The quantitative estimate of drug-likeness (QED) is 0.361. The molecule has 0 heterocycles. The summed E-state index contributed by atoms with van der Waals surface area (Å²) in [7, 11) is 0. The van der Waals surface area contributed by atoms with Crippen LogP contribution < -0.4 is 0 Å². The zero-order valence-electron chi connectivity index (χ0n) is 4.74. The summed E-state index contributed by atoms with van der Waals surface area (Å²) in [5.74, 6) is 0. The van der Waals surface area contributed by atoms with Gasteiger partial charge in [0.1, 0.15) is 0 Å². The molecular formula is C6H12Rh. The Balaban J connectivity index is 0. The maximum absolute atomic E-state index is 3.60. The molecule has 0 saturated carbocycles. The van der Waals surface area contributed by atoms with E-state index in [0.29, 0.717) is 0 Å². The zero-order valence-corrected chi connectivity index (χ0v) is 6.38. The third-order valence-corrected chi connectivity index (χ3v) is 0.762. The van der Waals surface area contributed by atoms with E-state index in [2.05, 4.69) is 13.5 Å². The average Bonchev–Trinajstić information content (AvgIpc) is 1.61. The first-order valence-corrected chi connectivity index (χ1v) is 2.52. The second-order valence-electron chi connectivity index (χ2n) is 1.43. The van der Waals surface area contributed by atoms with Crippen LogP contribution in [0.2, 0.25) is 0 Å². The maximum Gasteiger partial charge on any atom is 0 e. The van der Waals surface area contributed by atoms with Crippen LogP contribution >= 0.6 is 0 Å². The summed E-state index contributed by atoms with van der Waals surface area (Å²) in [6.07, 6.45) is 5.72. The van der Waals surface area contributed by atoms with Crippen molar-refractivity contribution in [3.05, 3.63) is 12.7 Å². The molecule has 0 nitrogen and oxygen atoms in total. The Kier molecular flexibility index (Phi) is 14.2. The minimum Gasteiger partial charge on any atom is -0.103 e. The third-order valence-electron chi connectivity index (χ3n) is 0.762. The van der Waals surface area contributed by atoms with Crippen molar-refractivity contribution >= 4 is 0 Å². The van der Waals surface area contributed by atoms with Gasteiger partial charge in [-0.1, -0.05) is 25.8 Å².